The second-order valence-electron chi connectivity index (χ2n) is 2.98. The topological polar surface area (TPSA) is 0 Å². The van der Waals surface area contributed by atoms with Crippen molar-refractivity contribution < 1.29 is 0 Å². The van der Waals surface area contributed by atoms with Crippen LogP contribution in [-0.4, -0.2) is 0 Å². The highest BCUT2D eigenvalue weighted by Crippen LogP contribution is 2.34. The van der Waals surface area contributed by atoms with Gasteiger partial charge in [-0.3, -0.25) is 0 Å². The van der Waals surface area contributed by atoms with Crippen LogP contribution in [0.2, 0.25) is 0 Å². The molecular formula is C10H12S. The summed E-state index contributed by atoms with van der Waals surface area (Å²) in [5, 5.41) is 2.20. The number of hydrogen-bond donors (Lipinski definition) is 0. The highest BCUT2D eigenvalue weighted by atomic mass is 32.1. The normalized spacial score (nSPS) is 21.7. The zero-order chi connectivity index (χ0) is 7.68. The summed E-state index contributed by atoms with van der Waals surface area (Å²) in [6.07, 6.45) is 7.06. The Hall–Kier alpha value is -0.560. The van der Waals surface area contributed by atoms with Crippen molar-refractivity contribution in [3.05, 3.63) is 28.0 Å². The third kappa shape index (κ3) is 1.14. The maximum atomic E-state index is 2.30. The number of fused-ring (bicyclic) bond motifs is 1. The second kappa shape index (κ2) is 2.82. The Morgan fingerprint density at radius 1 is 1.64 bits per heavy atom. The van der Waals surface area contributed by atoms with Crippen molar-refractivity contribution in [1.29, 1.82) is 0 Å². The molecule has 58 valence electrons. The van der Waals surface area contributed by atoms with E-state index >= 15 is 0 Å². The van der Waals surface area contributed by atoms with E-state index in [1.807, 2.05) is 11.3 Å². The summed E-state index contributed by atoms with van der Waals surface area (Å²) in [4.78, 5) is 1.48. The van der Waals surface area contributed by atoms with Gasteiger partial charge in [-0.2, -0.15) is 0 Å². The average molecular weight is 164 g/mol. The van der Waals surface area contributed by atoms with Crippen molar-refractivity contribution in [3.63, 3.8) is 0 Å². The monoisotopic (exact) mass is 164 g/mol. The summed E-state index contributed by atoms with van der Waals surface area (Å²) >= 11 is 1.86. The first-order valence-electron chi connectivity index (χ1n) is 4.15. The van der Waals surface area contributed by atoms with E-state index in [0.29, 0.717) is 0 Å². The van der Waals surface area contributed by atoms with Gasteiger partial charge in [-0.25, -0.2) is 0 Å². The van der Waals surface area contributed by atoms with Crippen molar-refractivity contribution in [3.8, 4) is 0 Å². The third-order valence-corrected chi connectivity index (χ3v) is 3.25. The molecule has 0 radical (unpaired) electrons. The van der Waals surface area contributed by atoms with E-state index in [2.05, 4.69) is 30.5 Å². The van der Waals surface area contributed by atoms with Crippen LogP contribution in [0.5, 0.6) is 0 Å². The lowest BCUT2D eigenvalue weighted by Gasteiger charge is -2.15. The highest BCUT2D eigenvalue weighted by Gasteiger charge is 2.15. The summed E-state index contributed by atoms with van der Waals surface area (Å²) in [6.45, 7) is 2.27. The van der Waals surface area contributed by atoms with Crippen molar-refractivity contribution in [1.82, 2.24) is 0 Å². The van der Waals surface area contributed by atoms with Gasteiger partial charge in [0.2, 0.25) is 0 Å². The Kier molecular flexibility index (Phi) is 1.82. The molecule has 1 aliphatic carbocycles. The molecule has 1 unspecified atom stereocenters. The number of allylic oxidation sites excluding steroid dienone is 1. The van der Waals surface area contributed by atoms with Crippen LogP contribution in [0, 0.1) is 0 Å². The van der Waals surface area contributed by atoms with Gasteiger partial charge in [0.05, 0.1) is 0 Å². The highest BCUT2D eigenvalue weighted by molar-refractivity contribution is 7.11. The molecule has 0 spiro atoms. The van der Waals surface area contributed by atoms with E-state index in [1.54, 1.807) is 5.56 Å². The lowest BCUT2D eigenvalue weighted by Crippen LogP contribution is -1.98. The molecule has 0 aromatic carbocycles. The minimum absolute atomic E-state index is 0.793. The fourth-order valence-corrected chi connectivity index (χ4v) is 2.56. The molecule has 0 saturated carbocycles. The van der Waals surface area contributed by atoms with Gasteiger partial charge >= 0.3 is 0 Å². The number of thiophene rings is 1. The van der Waals surface area contributed by atoms with Crippen LogP contribution in [0.15, 0.2) is 17.5 Å². The molecule has 0 fully saturated rings. The Morgan fingerprint density at radius 2 is 2.55 bits per heavy atom. The zero-order valence-corrected chi connectivity index (χ0v) is 7.53. The predicted molar refractivity (Wildman–Crippen MR) is 51.0 cm³/mol. The smallest absolute Gasteiger partial charge is 0.0302 e. The van der Waals surface area contributed by atoms with Crippen LogP contribution in [0.4, 0.5) is 0 Å². The zero-order valence-electron chi connectivity index (χ0n) is 6.71. The lowest BCUT2D eigenvalue weighted by molar-refractivity contribution is 0.672. The molecule has 11 heavy (non-hydrogen) atoms. The third-order valence-electron chi connectivity index (χ3n) is 2.35. The van der Waals surface area contributed by atoms with Gasteiger partial charge in [-0.05, 0) is 41.8 Å². The fraction of sp³-hybridized carbons (Fsp3) is 0.400. The first-order valence-corrected chi connectivity index (χ1v) is 5.03. The molecule has 1 aromatic rings. The summed E-state index contributed by atoms with van der Waals surface area (Å²) < 4.78 is 0. The number of hydrogen-bond acceptors (Lipinski definition) is 1. The maximum absolute atomic E-state index is 2.30. The van der Waals surface area contributed by atoms with Crippen LogP contribution in [-0.2, 0) is 0 Å². The SMILES string of the molecule is CCC1CC=Cc2sccc21. The lowest BCUT2D eigenvalue weighted by atomic mass is 9.90. The fourth-order valence-electron chi connectivity index (χ4n) is 1.66. The van der Waals surface area contributed by atoms with E-state index in [9.17, 15) is 0 Å². The summed E-state index contributed by atoms with van der Waals surface area (Å²) in [5.41, 5.74) is 1.57. The molecule has 0 amide bonds. The van der Waals surface area contributed by atoms with E-state index in [0.717, 1.165) is 5.92 Å². The molecular weight excluding hydrogens is 152 g/mol. The van der Waals surface area contributed by atoms with E-state index in [4.69, 9.17) is 0 Å². The van der Waals surface area contributed by atoms with Gasteiger partial charge in [0.25, 0.3) is 0 Å². The summed E-state index contributed by atoms with van der Waals surface area (Å²) in [6, 6.07) is 2.28. The van der Waals surface area contributed by atoms with Gasteiger partial charge in [0.1, 0.15) is 0 Å². The molecule has 1 atom stereocenters. The predicted octanol–water partition coefficient (Wildman–Crippen LogP) is 3.66. The van der Waals surface area contributed by atoms with E-state index < -0.39 is 0 Å². The average Bonchev–Trinajstić information content (AvgIpc) is 2.50. The molecule has 1 aromatic heterocycles. The Bertz CT molecular complexity index is 270. The first kappa shape index (κ1) is 7.11. The molecule has 2 rings (SSSR count). The van der Waals surface area contributed by atoms with Crippen LogP contribution in [0.25, 0.3) is 6.08 Å². The maximum Gasteiger partial charge on any atom is 0.0302 e. The van der Waals surface area contributed by atoms with Gasteiger partial charge in [0, 0.05) is 4.88 Å². The van der Waals surface area contributed by atoms with Gasteiger partial charge in [-0.1, -0.05) is 13.0 Å². The summed E-state index contributed by atoms with van der Waals surface area (Å²) in [5.74, 6) is 0.793. The van der Waals surface area contributed by atoms with Crippen LogP contribution < -0.4 is 0 Å². The van der Waals surface area contributed by atoms with Crippen LogP contribution in [0.3, 0.4) is 0 Å². The molecule has 0 saturated heterocycles. The molecule has 1 heteroatoms. The quantitative estimate of drug-likeness (QED) is 0.594. The van der Waals surface area contributed by atoms with Crippen LogP contribution in [0.1, 0.15) is 36.1 Å². The van der Waals surface area contributed by atoms with Gasteiger partial charge < -0.3 is 0 Å². The summed E-state index contributed by atoms with van der Waals surface area (Å²) in [7, 11) is 0. The Balaban J connectivity index is 2.41. The largest absolute Gasteiger partial charge is 0.144 e. The van der Waals surface area contributed by atoms with Gasteiger partial charge in [-0.15, -0.1) is 11.3 Å². The number of rotatable bonds is 1. The van der Waals surface area contributed by atoms with Gasteiger partial charge in [0.15, 0.2) is 0 Å². The molecule has 0 N–H and O–H groups in total. The molecule has 0 aliphatic heterocycles. The molecule has 1 aliphatic rings. The first-order chi connectivity index (χ1) is 5.42. The van der Waals surface area contributed by atoms with Crippen molar-refractivity contribution in [2.24, 2.45) is 0 Å². The minimum atomic E-state index is 0.793. The molecule has 0 nitrogen and oxygen atoms in total. The van der Waals surface area contributed by atoms with Crippen LogP contribution >= 0.6 is 11.3 Å². The van der Waals surface area contributed by atoms with Crippen molar-refractivity contribution in [2.75, 3.05) is 0 Å². The standard InChI is InChI=1S/C10H12S/c1-2-8-4-3-5-10-9(8)6-7-11-10/h3,5-8H,2,4H2,1H3. The molecule has 1 heterocycles. The van der Waals surface area contributed by atoms with E-state index in [-0.39, 0.29) is 0 Å². The van der Waals surface area contributed by atoms with Crippen molar-refractivity contribution >= 4 is 17.4 Å². The minimum Gasteiger partial charge on any atom is -0.144 e. The van der Waals surface area contributed by atoms with E-state index in [1.165, 1.54) is 17.7 Å². The Morgan fingerprint density at radius 3 is 3.36 bits per heavy atom. The molecule has 0 bridgehead atoms. The van der Waals surface area contributed by atoms with Crippen molar-refractivity contribution in [2.45, 2.75) is 25.7 Å². The second-order valence-corrected chi connectivity index (χ2v) is 3.93. The Labute approximate surface area is 71.6 Å².